The zero-order chi connectivity index (χ0) is 13.3. The summed E-state index contributed by atoms with van der Waals surface area (Å²) in [5.74, 6) is 2.40. The third-order valence-corrected chi connectivity index (χ3v) is 6.04. The molecule has 7 heteroatoms. The number of aliphatic hydroxyl groups excluding tert-OH is 1. The zero-order valence-corrected chi connectivity index (χ0v) is 12.2. The van der Waals surface area contributed by atoms with Crippen molar-refractivity contribution in [3.8, 4) is 12.0 Å². The van der Waals surface area contributed by atoms with Gasteiger partial charge in [0, 0.05) is 0 Å². The summed E-state index contributed by atoms with van der Waals surface area (Å²) in [5.41, 5.74) is -0.424. The summed E-state index contributed by atoms with van der Waals surface area (Å²) in [6.07, 6.45) is 2.05. The molecule has 0 bridgehead atoms. The Kier molecular flexibility index (Phi) is 8.47. The molecule has 17 heavy (non-hydrogen) atoms. The van der Waals surface area contributed by atoms with Crippen LogP contribution in [0.3, 0.4) is 0 Å². The van der Waals surface area contributed by atoms with E-state index in [1.807, 2.05) is 0 Å². The maximum atomic E-state index is 12.0. The first kappa shape index (κ1) is 16.6. The SMILES string of the molecule is CCOP(=O)(CC[P+](=O)C(C)C#CO)OCC. The van der Waals surface area contributed by atoms with Crippen LogP contribution >= 0.6 is 15.4 Å². The Balaban J connectivity index is 4.34. The van der Waals surface area contributed by atoms with E-state index in [2.05, 4.69) is 5.92 Å². The lowest BCUT2D eigenvalue weighted by molar-refractivity contribution is 0.221. The van der Waals surface area contributed by atoms with Gasteiger partial charge in [0.15, 0.2) is 6.16 Å². The van der Waals surface area contributed by atoms with Crippen molar-refractivity contribution < 1.29 is 23.3 Å². The molecule has 0 aromatic rings. The number of aliphatic hydroxyl groups is 1. The van der Waals surface area contributed by atoms with Gasteiger partial charge in [-0.25, -0.2) is 0 Å². The second kappa shape index (κ2) is 8.66. The van der Waals surface area contributed by atoms with Crippen molar-refractivity contribution in [2.24, 2.45) is 0 Å². The standard InChI is InChI=1S/C10H18O5P2/c1-4-14-17(13,15-5-2)9-8-16(12)10(3)6-7-11/h10H,4-5,8-9H2,1-3H3/p+1. The number of hydrogen-bond acceptors (Lipinski definition) is 5. The molecule has 0 fully saturated rings. The molecule has 0 saturated heterocycles. The summed E-state index contributed by atoms with van der Waals surface area (Å²) in [6, 6.07) is 0. The molecule has 98 valence electrons. The van der Waals surface area contributed by atoms with Gasteiger partial charge in [-0.1, -0.05) is 4.57 Å². The molecule has 5 nitrogen and oxygen atoms in total. The van der Waals surface area contributed by atoms with E-state index in [0.717, 1.165) is 0 Å². The van der Waals surface area contributed by atoms with E-state index >= 15 is 0 Å². The topological polar surface area (TPSA) is 72.8 Å². The Labute approximate surface area is 103 Å². The molecule has 0 spiro atoms. The van der Waals surface area contributed by atoms with E-state index in [4.69, 9.17) is 14.2 Å². The van der Waals surface area contributed by atoms with Gasteiger partial charge in [-0.15, -0.1) is 0 Å². The normalized spacial score (nSPS) is 13.7. The third-order valence-electron chi connectivity index (χ3n) is 1.95. The monoisotopic (exact) mass is 281 g/mol. The molecule has 0 heterocycles. The second-order valence-corrected chi connectivity index (χ2v) is 7.48. The zero-order valence-electron chi connectivity index (χ0n) is 10.4. The molecule has 2 unspecified atom stereocenters. The highest BCUT2D eigenvalue weighted by molar-refractivity contribution is 7.55. The summed E-state index contributed by atoms with van der Waals surface area (Å²) in [7, 11) is -4.78. The largest absolute Gasteiger partial charge is 0.462 e. The minimum absolute atomic E-state index is 0.112. The molecule has 0 rings (SSSR count). The highest BCUT2D eigenvalue weighted by atomic mass is 31.2. The van der Waals surface area contributed by atoms with Crippen LogP contribution in [0.2, 0.25) is 0 Å². The molecule has 1 N–H and O–H groups in total. The quantitative estimate of drug-likeness (QED) is 0.547. The fourth-order valence-corrected chi connectivity index (χ4v) is 4.62. The molecule has 0 aromatic heterocycles. The van der Waals surface area contributed by atoms with Gasteiger partial charge in [0.05, 0.1) is 19.4 Å². The van der Waals surface area contributed by atoms with Crippen LogP contribution in [0.1, 0.15) is 20.8 Å². The van der Waals surface area contributed by atoms with Gasteiger partial charge in [-0.3, -0.25) is 4.57 Å². The lowest BCUT2D eigenvalue weighted by Gasteiger charge is -2.14. The van der Waals surface area contributed by atoms with Gasteiger partial charge in [0.2, 0.25) is 5.66 Å². The van der Waals surface area contributed by atoms with Crippen LogP contribution in [0.5, 0.6) is 0 Å². The van der Waals surface area contributed by atoms with Crippen molar-refractivity contribution in [1.29, 1.82) is 0 Å². The average Bonchev–Trinajstić information content (AvgIpc) is 2.27. The predicted molar refractivity (Wildman–Crippen MR) is 67.4 cm³/mol. The van der Waals surface area contributed by atoms with E-state index in [0.29, 0.717) is 13.2 Å². The Morgan fingerprint density at radius 3 is 2.29 bits per heavy atom. The van der Waals surface area contributed by atoms with Crippen LogP contribution in [0.15, 0.2) is 0 Å². The molecule has 0 aromatic carbocycles. The Bertz CT molecular complexity index is 334. The molecule has 0 aliphatic carbocycles. The van der Waals surface area contributed by atoms with Gasteiger partial charge in [0.25, 0.3) is 0 Å². The van der Waals surface area contributed by atoms with Gasteiger partial charge < -0.3 is 14.2 Å². The summed E-state index contributed by atoms with van der Waals surface area (Å²) >= 11 is 0. The smallest absolute Gasteiger partial charge is 0.355 e. The van der Waals surface area contributed by atoms with Crippen molar-refractivity contribution in [3.05, 3.63) is 0 Å². The van der Waals surface area contributed by atoms with Crippen LogP contribution in [0.25, 0.3) is 0 Å². The van der Waals surface area contributed by atoms with E-state index in [1.54, 1.807) is 26.9 Å². The maximum Gasteiger partial charge on any atom is 0.355 e. The molecule has 0 radical (unpaired) electrons. The minimum atomic E-state index is -3.13. The fourth-order valence-electron chi connectivity index (χ4n) is 1.14. The number of hydrogen-bond donors (Lipinski definition) is 1. The second-order valence-electron chi connectivity index (χ2n) is 3.24. The van der Waals surface area contributed by atoms with Crippen molar-refractivity contribution >= 4 is 15.4 Å². The third kappa shape index (κ3) is 6.81. The van der Waals surface area contributed by atoms with Crippen LogP contribution < -0.4 is 0 Å². The van der Waals surface area contributed by atoms with Gasteiger partial charge in [-0.2, -0.15) is 0 Å². The molecule has 2 atom stereocenters. The van der Waals surface area contributed by atoms with E-state index in [-0.39, 0.29) is 12.3 Å². The first-order chi connectivity index (χ1) is 7.99. The molecular weight excluding hydrogens is 262 g/mol. The van der Waals surface area contributed by atoms with Crippen molar-refractivity contribution in [2.45, 2.75) is 26.4 Å². The Morgan fingerprint density at radius 2 is 1.88 bits per heavy atom. The fraction of sp³-hybridized carbons (Fsp3) is 0.800. The molecule has 0 amide bonds. The minimum Gasteiger partial charge on any atom is -0.462 e. The highest BCUT2D eigenvalue weighted by Crippen LogP contribution is 2.49. The van der Waals surface area contributed by atoms with E-state index in [9.17, 15) is 9.13 Å². The Hall–Kier alpha value is -0.390. The van der Waals surface area contributed by atoms with Crippen LogP contribution in [0.4, 0.5) is 0 Å². The van der Waals surface area contributed by atoms with E-state index in [1.165, 1.54) is 0 Å². The first-order valence-electron chi connectivity index (χ1n) is 5.45. The van der Waals surface area contributed by atoms with Gasteiger partial charge >= 0.3 is 15.4 Å². The molecule has 0 aliphatic heterocycles. The lowest BCUT2D eigenvalue weighted by Crippen LogP contribution is -2.04. The van der Waals surface area contributed by atoms with Gasteiger partial charge in [-0.05, 0) is 26.7 Å². The summed E-state index contributed by atoms with van der Waals surface area (Å²) < 4.78 is 33.9. The summed E-state index contributed by atoms with van der Waals surface area (Å²) in [6.45, 7) is 5.69. The van der Waals surface area contributed by atoms with Crippen molar-refractivity contribution in [3.63, 3.8) is 0 Å². The number of rotatable bonds is 8. The van der Waals surface area contributed by atoms with Crippen LogP contribution in [-0.4, -0.2) is 36.3 Å². The van der Waals surface area contributed by atoms with E-state index < -0.39 is 21.1 Å². The molecule has 0 saturated carbocycles. The Morgan fingerprint density at radius 1 is 1.35 bits per heavy atom. The molecule has 0 aliphatic rings. The average molecular weight is 281 g/mol. The van der Waals surface area contributed by atoms with Crippen LogP contribution in [-0.2, 0) is 18.2 Å². The predicted octanol–water partition coefficient (Wildman–Crippen LogP) is 2.80. The summed E-state index contributed by atoms with van der Waals surface area (Å²) in [4.78, 5) is 0. The van der Waals surface area contributed by atoms with Gasteiger partial charge in [0.1, 0.15) is 6.11 Å². The summed E-state index contributed by atoms with van der Waals surface area (Å²) in [5, 5.41) is 8.39. The highest BCUT2D eigenvalue weighted by Gasteiger charge is 2.31. The van der Waals surface area contributed by atoms with Crippen molar-refractivity contribution in [1.82, 2.24) is 0 Å². The van der Waals surface area contributed by atoms with Crippen LogP contribution in [0, 0.1) is 12.0 Å². The lowest BCUT2D eigenvalue weighted by atomic mass is 10.5. The molecular formula is C10H19O5P2+. The van der Waals surface area contributed by atoms with Crippen molar-refractivity contribution in [2.75, 3.05) is 25.5 Å². The first-order valence-corrected chi connectivity index (χ1v) is 8.69. The maximum absolute atomic E-state index is 12.0.